The van der Waals surface area contributed by atoms with Gasteiger partial charge < -0.3 is 14.7 Å². The molecular formula is C25H22Cl2N4O4. The summed E-state index contributed by atoms with van der Waals surface area (Å²) in [6, 6.07) is 18.0. The van der Waals surface area contributed by atoms with Gasteiger partial charge in [-0.1, -0.05) is 53.5 Å². The second kappa shape index (κ2) is 10.8. The third-order valence-electron chi connectivity index (χ3n) is 5.28. The molecule has 35 heavy (non-hydrogen) atoms. The number of aromatic nitrogens is 3. The number of ether oxygens (including phenoxy) is 1. The van der Waals surface area contributed by atoms with Crippen molar-refractivity contribution < 1.29 is 9.84 Å². The summed E-state index contributed by atoms with van der Waals surface area (Å²) in [6.07, 6.45) is 1.86. The van der Waals surface area contributed by atoms with Crippen LogP contribution in [0.5, 0.6) is 17.2 Å². The molecule has 2 N–H and O–H groups in total. The first-order valence-electron chi connectivity index (χ1n) is 10.7. The maximum atomic E-state index is 12.0. The third-order valence-corrected chi connectivity index (χ3v) is 5.84. The minimum atomic E-state index is -0.724. The number of phenolic OH excluding ortho intramolecular Hbond substituents is 1. The number of H-pyrrole nitrogens is 1. The predicted molar refractivity (Wildman–Crippen MR) is 135 cm³/mol. The van der Waals surface area contributed by atoms with Crippen LogP contribution in [0.1, 0.15) is 11.1 Å². The van der Waals surface area contributed by atoms with E-state index in [9.17, 15) is 14.7 Å². The van der Waals surface area contributed by atoms with Crippen molar-refractivity contribution in [2.24, 2.45) is 0 Å². The Morgan fingerprint density at radius 3 is 2.46 bits per heavy atom. The van der Waals surface area contributed by atoms with E-state index in [1.54, 1.807) is 18.2 Å². The Morgan fingerprint density at radius 1 is 1.06 bits per heavy atom. The van der Waals surface area contributed by atoms with Gasteiger partial charge in [-0.2, -0.15) is 9.78 Å². The van der Waals surface area contributed by atoms with Crippen LogP contribution in [0.2, 0.25) is 10.0 Å². The average molecular weight is 513 g/mol. The maximum Gasteiger partial charge on any atom is 0.349 e. The Bertz CT molecular complexity index is 1430. The molecule has 0 amide bonds. The molecule has 0 saturated carbocycles. The topological polar surface area (TPSA) is 100 Å². The van der Waals surface area contributed by atoms with Crippen LogP contribution in [0.3, 0.4) is 0 Å². The van der Waals surface area contributed by atoms with E-state index in [1.807, 2.05) is 25.2 Å². The molecule has 0 spiro atoms. The van der Waals surface area contributed by atoms with Crippen LogP contribution < -0.4 is 16.0 Å². The smallest absolute Gasteiger partial charge is 0.349 e. The summed E-state index contributed by atoms with van der Waals surface area (Å²) >= 11 is 12.8. The number of nitrogens with one attached hydrogen (secondary N) is 1. The summed E-state index contributed by atoms with van der Waals surface area (Å²) in [7, 11) is 1.98. The van der Waals surface area contributed by atoms with Crippen LogP contribution in [0, 0.1) is 0 Å². The minimum absolute atomic E-state index is 0.141. The standard InChI is InChI=1S/C25H22Cl2N4O4/c1-30(10-9-16-5-3-2-4-6-16)15-17-11-19(7-8-22(17)32)35-24-20(26)12-18(13-21(24)27)31-25(34)29-23(33)14-28-31/h2-8,11-14,32H,9-10,15H2,1H3,(H,29,33,34). The minimum Gasteiger partial charge on any atom is -0.508 e. The zero-order valence-corrected chi connectivity index (χ0v) is 20.3. The molecule has 8 nitrogen and oxygen atoms in total. The van der Waals surface area contributed by atoms with Gasteiger partial charge in [0.2, 0.25) is 0 Å². The van der Waals surface area contributed by atoms with Crippen LogP contribution in [-0.2, 0) is 13.0 Å². The SMILES string of the molecule is CN(CCc1ccccc1)Cc1cc(Oc2c(Cl)cc(-n3ncc(=O)[nH]c3=O)cc2Cl)ccc1O. The van der Waals surface area contributed by atoms with Gasteiger partial charge in [0.25, 0.3) is 5.56 Å². The molecule has 4 rings (SSSR count). The largest absolute Gasteiger partial charge is 0.508 e. The lowest BCUT2D eigenvalue weighted by molar-refractivity contribution is 0.323. The fourth-order valence-corrected chi connectivity index (χ4v) is 4.06. The number of aromatic hydroxyl groups is 1. The molecule has 180 valence electrons. The number of phenols is 1. The van der Waals surface area contributed by atoms with Gasteiger partial charge in [-0.05, 0) is 49.4 Å². The highest BCUT2D eigenvalue weighted by Gasteiger charge is 2.15. The van der Waals surface area contributed by atoms with E-state index < -0.39 is 11.2 Å². The molecule has 1 aromatic heterocycles. The van der Waals surface area contributed by atoms with Crippen LogP contribution in [0.4, 0.5) is 0 Å². The zero-order chi connectivity index (χ0) is 24.9. The van der Waals surface area contributed by atoms with Gasteiger partial charge >= 0.3 is 5.69 Å². The van der Waals surface area contributed by atoms with Crippen molar-refractivity contribution in [1.29, 1.82) is 0 Å². The van der Waals surface area contributed by atoms with Gasteiger partial charge in [-0.3, -0.25) is 9.78 Å². The molecule has 10 heteroatoms. The number of benzene rings is 3. The Hall–Kier alpha value is -3.59. The van der Waals surface area contributed by atoms with Crippen LogP contribution in [0.25, 0.3) is 5.69 Å². The second-order valence-electron chi connectivity index (χ2n) is 7.96. The number of aromatic amines is 1. The van der Waals surface area contributed by atoms with E-state index in [0.717, 1.165) is 23.8 Å². The van der Waals surface area contributed by atoms with Crippen LogP contribution in [-0.4, -0.2) is 38.4 Å². The number of halogens is 2. The molecule has 4 aromatic rings. The molecule has 0 bridgehead atoms. The number of hydrogen-bond donors (Lipinski definition) is 2. The first-order chi connectivity index (χ1) is 16.8. The molecule has 0 aliphatic rings. The van der Waals surface area contributed by atoms with Crippen molar-refractivity contribution in [2.75, 3.05) is 13.6 Å². The Balaban J connectivity index is 1.50. The quantitative estimate of drug-likeness (QED) is 0.362. The highest BCUT2D eigenvalue weighted by atomic mass is 35.5. The highest BCUT2D eigenvalue weighted by Crippen LogP contribution is 2.39. The summed E-state index contributed by atoms with van der Waals surface area (Å²) in [5.41, 5.74) is 0.855. The molecule has 0 fully saturated rings. The van der Waals surface area contributed by atoms with Gasteiger partial charge in [0, 0.05) is 18.7 Å². The molecule has 0 unspecified atom stereocenters. The fraction of sp³-hybridized carbons (Fsp3) is 0.160. The Labute approximate surface area is 210 Å². The first-order valence-corrected chi connectivity index (χ1v) is 11.5. The predicted octanol–water partition coefficient (Wildman–Crippen LogP) is 4.40. The van der Waals surface area contributed by atoms with Crippen LogP contribution in [0.15, 0.2) is 76.4 Å². The van der Waals surface area contributed by atoms with Crippen molar-refractivity contribution in [1.82, 2.24) is 19.7 Å². The zero-order valence-electron chi connectivity index (χ0n) is 18.7. The summed E-state index contributed by atoms with van der Waals surface area (Å²) < 4.78 is 6.89. The molecule has 1 heterocycles. The van der Waals surface area contributed by atoms with Crippen molar-refractivity contribution in [3.8, 4) is 22.9 Å². The van der Waals surface area contributed by atoms with E-state index in [1.165, 1.54) is 17.7 Å². The van der Waals surface area contributed by atoms with Crippen molar-refractivity contribution in [3.63, 3.8) is 0 Å². The second-order valence-corrected chi connectivity index (χ2v) is 8.77. The Morgan fingerprint density at radius 2 is 1.77 bits per heavy atom. The van der Waals surface area contributed by atoms with E-state index >= 15 is 0 Å². The number of hydrogen-bond acceptors (Lipinski definition) is 6. The maximum absolute atomic E-state index is 12.0. The van der Waals surface area contributed by atoms with E-state index in [-0.39, 0.29) is 27.2 Å². The summed E-state index contributed by atoms with van der Waals surface area (Å²) in [6.45, 7) is 1.32. The molecule has 3 aromatic carbocycles. The van der Waals surface area contributed by atoms with Crippen molar-refractivity contribution in [3.05, 3.63) is 109 Å². The average Bonchev–Trinajstić information content (AvgIpc) is 2.82. The van der Waals surface area contributed by atoms with Gasteiger partial charge in [0.1, 0.15) is 17.7 Å². The lowest BCUT2D eigenvalue weighted by atomic mass is 10.1. The first kappa shape index (κ1) is 24.5. The Kier molecular flexibility index (Phi) is 7.55. The number of likely N-dealkylation sites (N-methyl/N-ethyl adjacent to an activating group) is 1. The normalized spacial score (nSPS) is 11.1. The summed E-state index contributed by atoms with van der Waals surface area (Å²) in [4.78, 5) is 27.5. The number of rotatable bonds is 8. The van der Waals surface area contributed by atoms with Gasteiger partial charge in [-0.25, -0.2) is 4.79 Å². The lowest BCUT2D eigenvalue weighted by Crippen LogP contribution is -2.30. The fourth-order valence-electron chi connectivity index (χ4n) is 3.51. The molecule has 0 atom stereocenters. The summed E-state index contributed by atoms with van der Waals surface area (Å²) in [5.74, 6) is 0.772. The van der Waals surface area contributed by atoms with Crippen molar-refractivity contribution >= 4 is 23.2 Å². The van der Waals surface area contributed by atoms with Gasteiger partial charge in [-0.15, -0.1) is 0 Å². The lowest BCUT2D eigenvalue weighted by Gasteiger charge is -2.18. The van der Waals surface area contributed by atoms with Gasteiger partial charge in [0.05, 0.1) is 15.7 Å². The van der Waals surface area contributed by atoms with Crippen molar-refractivity contribution in [2.45, 2.75) is 13.0 Å². The number of nitrogens with zero attached hydrogens (tertiary/aromatic N) is 3. The molecule has 0 radical (unpaired) electrons. The van der Waals surface area contributed by atoms with Crippen LogP contribution >= 0.6 is 23.2 Å². The van der Waals surface area contributed by atoms with E-state index in [4.69, 9.17) is 27.9 Å². The summed E-state index contributed by atoms with van der Waals surface area (Å²) in [5, 5.41) is 14.4. The molecule has 0 saturated heterocycles. The third kappa shape index (κ3) is 6.10. The van der Waals surface area contributed by atoms with E-state index in [2.05, 4.69) is 27.1 Å². The van der Waals surface area contributed by atoms with Gasteiger partial charge in [0.15, 0.2) is 5.75 Å². The molecule has 0 aliphatic heterocycles. The molecular weight excluding hydrogens is 491 g/mol. The van der Waals surface area contributed by atoms with E-state index in [0.29, 0.717) is 17.9 Å². The molecule has 0 aliphatic carbocycles. The highest BCUT2D eigenvalue weighted by molar-refractivity contribution is 6.37. The monoisotopic (exact) mass is 512 g/mol.